The summed E-state index contributed by atoms with van der Waals surface area (Å²) in [5.41, 5.74) is 3.87. The Bertz CT molecular complexity index is 180. The number of hydrogen-bond acceptors (Lipinski definition) is 4. The van der Waals surface area contributed by atoms with E-state index in [0.29, 0.717) is 0 Å². The molecule has 0 aliphatic rings. The van der Waals surface area contributed by atoms with Gasteiger partial charge in [-0.3, -0.25) is 0 Å². The molecule has 13 heavy (non-hydrogen) atoms. The quantitative estimate of drug-likeness (QED) is 0.663. The molecule has 0 spiro atoms. The van der Waals surface area contributed by atoms with Crippen molar-refractivity contribution in [1.82, 2.24) is 0 Å². The highest BCUT2D eigenvalue weighted by Gasteiger charge is 2.35. The van der Waals surface area contributed by atoms with E-state index in [-0.39, 0.29) is 6.54 Å². The van der Waals surface area contributed by atoms with Crippen molar-refractivity contribution < 1.29 is 14.3 Å². The van der Waals surface area contributed by atoms with Gasteiger partial charge >= 0.3 is 5.97 Å². The average Bonchev–Trinajstić information content (AvgIpc) is 2.00. The SMILES string of the molecule is COC(C)(CN)C(=O)OC(C)(C)C. The number of carbonyl (C=O) groups excluding carboxylic acids is 1. The molecule has 1 atom stereocenters. The lowest BCUT2D eigenvalue weighted by molar-refractivity contribution is -0.177. The summed E-state index contributed by atoms with van der Waals surface area (Å²) >= 11 is 0. The Kier molecular flexibility index (Phi) is 3.88. The number of rotatable bonds is 3. The highest BCUT2D eigenvalue weighted by Crippen LogP contribution is 2.15. The van der Waals surface area contributed by atoms with Crippen LogP contribution in [0.1, 0.15) is 27.7 Å². The molecule has 0 aliphatic heterocycles. The van der Waals surface area contributed by atoms with Crippen molar-refractivity contribution in [2.75, 3.05) is 13.7 Å². The van der Waals surface area contributed by atoms with Crippen LogP contribution in [0.5, 0.6) is 0 Å². The molecule has 0 aliphatic carbocycles. The Hall–Kier alpha value is -0.610. The van der Waals surface area contributed by atoms with Gasteiger partial charge in [-0.05, 0) is 27.7 Å². The third-order valence-corrected chi connectivity index (χ3v) is 1.67. The molecule has 4 nitrogen and oxygen atoms in total. The number of nitrogens with two attached hydrogens (primary N) is 1. The van der Waals surface area contributed by atoms with Gasteiger partial charge in [0.15, 0.2) is 5.60 Å². The van der Waals surface area contributed by atoms with Gasteiger partial charge in [0, 0.05) is 13.7 Å². The zero-order valence-corrected chi connectivity index (χ0v) is 9.01. The third-order valence-electron chi connectivity index (χ3n) is 1.67. The first-order valence-corrected chi connectivity index (χ1v) is 4.24. The fraction of sp³-hybridized carbons (Fsp3) is 0.889. The van der Waals surface area contributed by atoms with Crippen molar-refractivity contribution in [3.05, 3.63) is 0 Å². The molecule has 0 fully saturated rings. The molecule has 1 unspecified atom stereocenters. The first-order chi connectivity index (χ1) is 5.75. The Morgan fingerprint density at radius 3 is 2.00 bits per heavy atom. The van der Waals surface area contributed by atoms with Crippen LogP contribution in [0.4, 0.5) is 0 Å². The molecule has 0 saturated heterocycles. The van der Waals surface area contributed by atoms with Gasteiger partial charge in [-0.15, -0.1) is 0 Å². The zero-order valence-electron chi connectivity index (χ0n) is 9.01. The molecule has 0 aromatic heterocycles. The fourth-order valence-electron chi connectivity index (χ4n) is 0.636. The van der Waals surface area contributed by atoms with E-state index in [1.165, 1.54) is 7.11 Å². The van der Waals surface area contributed by atoms with Crippen molar-refractivity contribution in [2.45, 2.75) is 38.9 Å². The summed E-state index contributed by atoms with van der Waals surface area (Å²) in [7, 11) is 1.44. The molecule has 78 valence electrons. The molecule has 0 rings (SSSR count). The normalized spacial score (nSPS) is 16.5. The van der Waals surface area contributed by atoms with Crippen LogP contribution in [0.3, 0.4) is 0 Å². The minimum atomic E-state index is -1.03. The van der Waals surface area contributed by atoms with Crippen LogP contribution in [-0.2, 0) is 14.3 Å². The second-order valence-electron chi connectivity index (χ2n) is 4.14. The van der Waals surface area contributed by atoms with Crippen LogP contribution in [0.15, 0.2) is 0 Å². The van der Waals surface area contributed by atoms with Crippen LogP contribution in [-0.4, -0.2) is 30.8 Å². The van der Waals surface area contributed by atoms with Gasteiger partial charge in [0.2, 0.25) is 0 Å². The molecule has 0 saturated carbocycles. The summed E-state index contributed by atoms with van der Waals surface area (Å²) in [6.45, 7) is 7.13. The van der Waals surface area contributed by atoms with Crippen molar-refractivity contribution in [3.8, 4) is 0 Å². The topological polar surface area (TPSA) is 61.5 Å². The molecular weight excluding hydrogens is 170 g/mol. The largest absolute Gasteiger partial charge is 0.458 e. The van der Waals surface area contributed by atoms with Crippen molar-refractivity contribution >= 4 is 5.97 Å². The van der Waals surface area contributed by atoms with Crippen LogP contribution in [0.25, 0.3) is 0 Å². The molecular formula is C9H19NO3. The highest BCUT2D eigenvalue weighted by molar-refractivity contribution is 5.79. The lowest BCUT2D eigenvalue weighted by Gasteiger charge is -2.29. The van der Waals surface area contributed by atoms with Crippen LogP contribution in [0, 0.1) is 0 Å². The summed E-state index contributed by atoms with van der Waals surface area (Å²) in [6, 6.07) is 0. The number of carbonyl (C=O) groups is 1. The minimum absolute atomic E-state index is 0.110. The van der Waals surface area contributed by atoms with E-state index < -0.39 is 17.2 Å². The summed E-state index contributed by atoms with van der Waals surface area (Å²) in [4.78, 5) is 11.5. The smallest absolute Gasteiger partial charge is 0.339 e. The molecule has 0 bridgehead atoms. The predicted molar refractivity (Wildman–Crippen MR) is 50.3 cm³/mol. The molecule has 4 heteroatoms. The second-order valence-corrected chi connectivity index (χ2v) is 4.14. The maximum atomic E-state index is 11.5. The van der Waals surface area contributed by atoms with Crippen LogP contribution in [0.2, 0.25) is 0 Å². The molecule has 0 radical (unpaired) electrons. The van der Waals surface area contributed by atoms with E-state index in [4.69, 9.17) is 15.2 Å². The number of hydrogen-bond donors (Lipinski definition) is 1. The average molecular weight is 189 g/mol. The molecule has 0 heterocycles. The summed E-state index contributed by atoms with van der Waals surface area (Å²) < 4.78 is 10.1. The minimum Gasteiger partial charge on any atom is -0.458 e. The van der Waals surface area contributed by atoms with Gasteiger partial charge in [0.25, 0.3) is 0 Å². The summed E-state index contributed by atoms with van der Waals surface area (Å²) in [5.74, 6) is -0.426. The summed E-state index contributed by atoms with van der Waals surface area (Å²) in [5, 5.41) is 0. The van der Waals surface area contributed by atoms with Gasteiger partial charge in [-0.1, -0.05) is 0 Å². The van der Waals surface area contributed by atoms with E-state index in [0.717, 1.165) is 0 Å². The third kappa shape index (κ3) is 3.74. The van der Waals surface area contributed by atoms with E-state index in [1.54, 1.807) is 27.7 Å². The first-order valence-electron chi connectivity index (χ1n) is 4.24. The predicted octanol–water partition coefficient (Wildman–Crippen LogP) is 0.692. The lowest BCUT2D eigenvalue weighted by Crippen LogP contribution is -2.48. The monoisotopic (exact) mass is 189 g/mol. The zero-order chi connectivity index (χ0) is 10.7. The van der Waals surface area contributed by atoms with Gasteiger partial charge in [0.05, 0.1) is 0 Å². The van der Waals surface area contributed by atoms with Crippen LogP contribution >= 0.6 is 0 Å². The van der Waals surface area contributed by atoms with E-state index in [2.05, 4.69) is 0 Å². The van der Waals surface area contributed by atoms with E-state index in [1.807, 2.05) is 0 Å². The van der Waals surface area contributed by atoms with Crippen LogP contribution < -0.4 is 5.73 Å². The Labute approximate surface area is 79.4 Å². The first kappa shape index (κ1) is 12.4. The Morgan fingerprint density at radius 2 is 1.77 bits per heavy atom. The molecule has 0 aromatic rings. The number of esters is 1. The fourth-order valence-corrected chi connectivity index (χ4v) is 0.636. The molecule has 2 N–H and O–H groups in total. The number of ether oxygens (including phenoxy) is 2. The summed E-state index contributed by atoms with van der Waals surface area (Å²) in [6.07, 6.45) is 0. The van der Waals surface area contributed by atoms with Gasteiger partial charge in [0.1, 0.15) is 5.60 Å². The van der Waals surface area contributed by atoms with Crippen molar-refractivity contribution in [2.24, 2.45) is 5.73 Å². The second kappa shape index (κ2) is 4.07. The molecule has 0 aromatic carbocycles. The Morgan fingerprint density at radius 1 is 1.31 bits per heavy atom. The van der Waals surface area contributed by atoms with Gasteiger partial charge in [-0.25, -0.2) is 4.79 Å². The standard InChI is InChI=1S/C9H19NO3/c1-8(2,3)13-7(11)9(4,6-10)12-5/h6,10H2,1-5H3. The highest BCUT2D eigenvalue weighted by atomic mass is 16.6. The van der Waals surface area contributed by atoms with E-state index in [9.17, 15) is 4.79 Å². The van der Waals surface area contributed by atoms with Gasteiger partial charge in [-0.2, -0.15) is 0 Å². The Balaban J connectivity index is 4.41. The van der Waals surface area contributed by atoms with Crippen molar-refractivity contribution in [3.63, 3.8) is 0 Å². The maximum Gasteiger partial charge on any atom is 0.339 e. The lowest BCUT2D eigenvalue weighted by atomic mass is 10.1. The maximum absolute atomic E-state index is 11.5. The molecule has 0 amide bonds. The van der Waals surface area contributed by atoms with Crippen molar-refractivity contribution in [1.29, 1.82) is 0 Å². The number of methoxy groups -OCH3 is 1. The van der Waals surface area contributed by atoms with E-state index >= 15 is 0 Å². The van der Waals surface area contributed by atoms with Gasteiger partial charge < -0.3 is 15.2 Å².